The van der Waals surface area contributed by atoms with Crippen molar-refractivity contribution in [3.63, 3.8) is 0 Å². The summed E-state index contributed by atoms with van der Waals surface area (Å²) in [5.41, 5.74) is 1.49. The van der Waals surface area contributed by atoms with Crippen LogP contribution in [0.4, 0.5) is 5.00 Å². The summed E-state index contributed by atoms with van der Waals surface area (Å²) in [7, 11) is -3.59. The number of ether oxygens (including phenoxy) is 1. The minimum absolute atomic E-state index is 0.145. The van der Waals surface area contributed by atoms with Crippen LogP contribution in [-0.4, -0.2) is 44.3 Å². The van der Waals surface area contributed by atoms with E-state index in [4.69, 9.17) is 4.74 Å². The van der Waals surface area contributed by atoms with Crippen molar-refractivity contribution in [3.05, 3.63) is 33.5 Å². The number of carbonyl (C=O) groups excluding carboxylic acids is 2. The number of fused-ring (bicyclic) bond motifs is 1. The number of rotatable bonds is 6. The van der Waals surface area contributed by atoms with Gasteiger partial charge in [0.25, 0.3) is 10.0 Å². The van der Waals surface area contributed by atoms with Crippen LogP contribution >= 0.6 is 22.7 Å². The monoisotopic (exact) mass is 496 g/mol. The molecule has 1 saturated heterocycles. The highest BCUT2D eigenvalue weighted by atomic mass is 32.2. The lowest BCUT2D eigenvalue weighted by molar-refractivity contribution is -0.120. The van der Waals surface area contributed by atoms with Crippen LogP contribution < -0.4 is 5.32 Å². The van der Waals surface area contributed by atoms with E-state index in [0.717, 1.165) is 42.5 Å². The topological polar surface area (TPSA) is 92.8 Å². The van der Waals surface area contributed by atoms with Crippen LogP contribution in [-0.2, 0) is 32.4 Å². The minimum atomic E-state index is -3.59. The molecule has 1 fully saturated rings. The van der Waals surface area contributed by atoms with Crippen LogP contribution in [0.15, 0.2) is 21.7 Å². The highest BCUT2D eigenvalue weighted by Gasteiger charge is 2.35. The smallest absolute Gasteiger partial charge is 0.341 e. The first kappa shape index (κ1) is 23.4. The number of amides is 1. The number of thiophene rings is 2. The zero-order chi connectivity index (χ0) is 22.7. The predicted octanol–water partition coefficient (Wildman–Crippen LogP) is 4.29. The lowest BCUT2D eigenvalue weighted by atomic mass is 9.98. The van der Waals surface area contributed by atoms with Crippen LogP contribution in [0.2, 0.25) is 0 Å². The van der Waals surface area contributed by atoms with Crippen LogP contribution in [0.1, 0.15) is 59.8 Å². The molecule has 2 aromatic heterocycles. The molecule has 10 heteroatoms. The van der Waals surface area contributed by atoms with Crippen LogP contribution in [0.5, 0.6) is 0 Å². The average molecular weight is 497 g/mol. The average Bonchev–Trinajstić information content (AvgIpc) is 3.38. The molecule has 0 aromatic carbocycles. The van der Waals surface area contributed by atoms with Crippen molar-refractivity contribution in [1.82, 2.24) is 4.31 Å². The Kier molecular flexibility index (Phi) is 7.34. The molecule has 1 aliphatic carbocycles. The van der Waals surface area contributed by atoms with Crippen molar-refractivity contribution < 1.29 is 22.7 Å². The molecule has 2 aliphatic rings. The number of esters is 1. The Morgan fingerprint density at radius 1 is 1.22 bits per heavy atom. The number of nitrogens with zero attached hydrogens (tertiary/aromatic N) is 1. The van der Waals surface area contributed by atoms with E-state index in [1.165, 1.54) is 27.0 Å². The van der Waals surface area contributed by atoms with Gasteiger partial charge in [0.15, 0.2) is 0 Å². The summed E-state index contributed by atoms with van der Waals surface area (Å²) in [6.45, 7) is 2.60. The number of hydrogen-bond donors (Lipinski definition) is 1. The molecule has 0 saturated carbocycles. The summed E-state index contributed by atoms with van der Waals surface area (Å²) in [6.07, 6.45) is 6.16. The number of piperidine rings is 1. The molecule has 1 atom stereocenters. The second-order valence-corrected chi connectivity index (χ2v) is 12.3. The van der Waals surface area contributed by atoms with Gasteiger partial charge in [0.2, 0.25) is 5.91 Å². The predicted molar refractivity (Wildman–Crippen MR) is 126 cm³/mol. The summed E-state index contributed by atoms with van der Waals surface area (Å²) in [5.74, 6) is -1.10. The van der Waals surface area contributed by atoms with Gasteiger partial charge in [0.1, 0.15) is 9.21 Å². The van der Waals surface area contributed by atoms with Crippen LogP contribution in [0, 0.1) is 5.92 Å². The van der Waals surface area contributed by atoms with E-state index in [9.17, 15) is 18.0 Å². The standard InChI is InChI=1S/C22H28N2O5S3/c1-2-29-22(26)19-16-9-4-3-5-10-17(16)31-21(19)23-20(25)15-8-6-12-24(14-15)32(27,28)18-11-7-13-30-18/h7,11,13,15H,2-6,8-10,12,14H2,1H3,(H,23,25). The molecule has 3 heterocycles. The van der Waals surface area contributed by atoms with Crippen molar-refractivity contribution in [2.75, 3.05) is 25.0 Å². The molecule has 32 heavy (non-hydrogen) atoms. The van der Waals surface area contributed by atoms with E-state index in [1.807, 2.05) is 0 Å². The lowest BCUT2D eigenvalue weighted by Crippen LogP contribution is -2.43. The fraction of sp³-hybridized carbons (Fsp3) is 0.545. The fourth-order valence-electron chi connectivity index (χ4n) is 4.38. The van der Waals surface area contributed by atoms with Gasteiger partial charge in [0, 0.05) is 18.0 Å². The summed E-state index contributed by atoms with van der Waals surface area (Å²) in [6, 6.07) is 3.30. The molecular formula is C22H28N2O5S3. The summed E-state index contributed by atoms with van der Waals surface area (Å²) in [5, 5.41) is 5.24. The lowest BCUT2D eigenvalue weighted by Gasteiger charge is -2.30. The fourth-order valence-corrected chi connectivity index (χ4v) is 8.32. The first-order valence-electron chi connectivity index (χ1n) is 11.1. The van der Waals surface area contributed by atoms with Gasteiger partial charge in [0.05, 0.1) is 18.1 Å². The van der Waals surface area contributed by atoms with Gasteiger partial charge in [-0.1, -0.05) is 12.5 Å². The third kappa shape index (κ3) is 4.78. The molecule has 0 radical (unpaired) electrons. The number of hydrogen-bond acceptors (Lipinski definition) is 7. The highest BCUT2D eigenvalue weighted by molar-refractivity contribution is 7.91. The maximum atomic E-state index is 13.2. The van der Waals surface area contributed by atoms with Crippen molar-refractivity contribution in [3.8, 4) is 0 Å². The maximum absolute atomic E-state index is 13.2. The molecular weight excluding hydrogens is 468 g/mol. The van der Waals surface area contributed by atoms with Gasteiger partial charge >= 0.3 is 5.97 Å². The quantitative estimate of drug-likeness (QED) is 0.476. The van der Waals surface area contributed by atoms with Crippen LogP contribution in [0.25, 0.3) is 0 Å². The number of aryl methyl sites for hydroxylation is 1. The van der Waals surface area contributed by atoms with E-state index in [-0.39, 0.29) is 19.1 Å². The van der Waals surface area contributed by atoms with Gasteiger partial charge < -0.3 is 10.1 Å². The van der Waals surface area contributed by atoms with Gasteiger partial charge in [-0.25, -0.2) is 13.2 Å². The molecule has 1 unspecified atom stereocenters. The van der Waals surface area contributed by atoms with Crippen molar-refractivity contribution in [2.45, 2.75) is 56.1 Å². The van der Waals surface area contributed by atoms with E-state index in [2.05, 4.69) is 5.32 Å². The Labute approximate surface area is 196 Å². The number of anilines is 1. The Bertz CT molecular complexity index is 1080. The van der Waals surface area contributed by atoms with Gasteiger partial charge in [-0.3, -0.25) is 4.79 Å². The highest BCUT2D eigenvalue weighted by Crippen LogP contribution is 2.38. The van der Waals surface area contributed by atoms with E-state index < -0.39 is 21.9 Å². The zero-order valence-corrected chi connectivity index (χ0v) is 20.5. The number of sulfonamides is 1. The van der Waals surface area contributed by atoms with Gasteiger partial charge in [-0.2, -0.15) is 4.31 Å². The van der Waals surface area contributed by atoms with E-state index >= 15 is 0 Å². The third-order valence-corrected chi connectivity index (χ3v) is 10.4. The molecule has 0 bridgehead atoms. The Morgan fingerprint density at radius 2 is 2.03 bits per heavy atom. The molecule has 7 nitrogen and oxygen atoms in total. The first-order valence-corrected chi connectivity index (χ1v) is 14.2. The minimum Gasteiger partial charge on any atom is -0.462 e. The van der Waals surface area contributed by atoms with Crippen molar-refractivity contribution in [2.24, 2.45) is 5.92 Å². The zero-order valence-electron chi connectivity index (χ0n) is 18.1. The SMILES string of the molecule is CCOC(=O)c1c(NC(=O)C2CCCN(S(=O)(=O)c3cccs3)C2)sc2c1CCCCC2. The van der Waals surface area contributed by atoms with Crippen molar-refractivity contribution in [1.29, 1.82) is 0 Å². The molecule has 1 N–H and O–H groups in total. The molecule has 0 spiro atoms. The Morgan fingerprint density at radius 3 is 2.78 bits per heavy atom. The van der Waals surface area contributed by atoms with E-state index in [0.29, 0.717) is 34.2 Å². The van der Waals surface area contributed by atoms with Gasteiger partial charge in [-0.05, 0) is 62.5 Å². The Hall–Kier alpha value is -1.75. The summed E-state index contributed by atoms with van der Waals surface area (Å²) >= 11 is 2.65. The third-order valence-electron chi connectivity index (χ3n) is 5.98. The van der Waals surface area contributed by atoms with Gasteiger partial charge in [-0.15, -0.1) is 22.7 Å². The molecule has 1 amide bonds. The summed E-state index contributed by atoms with van der Waals surface area (Å²) < 4.78 is 32.8. The Balaban J connectivity index is 1.54. The second kappa shape index (κ2) is 10.0. The molecule has 4 rings (SSSR count). The molecule has 174 valence electrons. The first-order chi connectivity index (χ1) is 15.4. The molecule has 2 aromatic rings. The largest absolute Gasteiger partial charge is 0.462 e. The summed E-state index contributed by atoms with van der Waals surface area (Å²) in [4.78, 5) is 27.0. The maximum Gasteiger partial charge on any atom is 0.341 e. The second-order valence-electron chi connectivity index (χ2n) is 8.11. The normalized spacial score (nSPS) is 19.7. The van der Waals surface area contributed by atoms with Crippen LogP contribution in [0.3, 0.4) is 0 Å². The van der Waals surface area contributed by atoms with Crippen molar-refractivity contribution >= 4 is 49.6 Å². The number of carbonyl (C=O) groups is 2. The van der Waals surface area contributed by atoms with E-state index in [1.54, 1.807) is 24.4 Å². The number of nitrogens with one attached hydrogen (secondary N) is 1. The molecule has 1 aliphatic heterocycles.